The van der Waals surface area contributed by atoms with Crippen molar-refractivity contribution in [3.63, 3.8) is 0 Å². The van der Waals surface area contributed by atoms with Gasteiger partial charge in [0.2, 0.25) is 5.91 Å². The van der Waals surface area contributed by atoms with Gasteiger partial charge in [-0.3, -0.25) is 9.59 Å². The Labute approximate surface area is 156 Å². The van der Waals surface area contributed by atoms with Crippen molar-refractivity contribution in [2.24, 2.45) is 0 Å². The fourth-order valence-corrected chi connectivity index (χ4v) is 2.89. The number of rotatable bonds is 5. The third kappa shape index (κ3) is 4.40. The average molecular weight is 371 g/mol. The highest BCUT2D eigenvalue weighted by molar-refractivity contribution is 6.30. The smallest absolute Gasteiger partial charge is 0.251 e. The van der Waals surface area contributed by atoms with Crippen molar-refractivity contribution in [3.05, 3.63) is 70.1 Å². The van der Waals surface area contributed by atoms with Gasteiger partial charge in [-0.25, -0.2) is 4.98 Å². The monoisotopic (exact) mass is 370 g/mol. The van der Waals surface area contributed by atoms with Crippen LogP contribution in [0.25, 0.3) is 5.65 Å². The molecule has 3 aromatic rings. The molecule has 0 aliphatic carbocycles. The van der Waals surface area contributed by atoms with Gasteiger partial charge in [0.15, 0.2) is 0 Å². The van der Waals surface area contributed by atoms with E-state index in [0.29, 0.717) is 16.3 Å². The standard InChI is InChI=1S/C19H19ClN4O2/c1-12-5-13(2)7-14(6-12)19(26)22-9-18(25)21-8-16-11-24-10-15(20)3-4-17(24)23-16/h3-7,10-11H,8-9H2,1-2H3,(H,21,25)(H,22,26). The maximum absolute atomic E-state index is 12.2. The van der Waals surface area contributed by atoms with E-state index in [0.717, 1.165) is 16.8 Å². The van der Waals surface area contributed by atoms with Crippen molar-refractivity contribution < 1.29 is 9.59 Å². The van der Waals surface area contributed by atoms with Crippen LogP contribution in [-0.4, -0.2) is 27.7 Å². The lowest BCUT2D eigenvalue weighted by Crippen LogP contribution is -2.36. The first-order chi connectivity index (χ1) is 12.4. The molecule has 0 unspecified atom stereocenters. The first-order valence-corrected chi connectivity index (χ1v) is 8.55. The van der Waals surface area contributed by atoms with Crippen molar-refractivity contribution in [3.8, 4) is 0 Å². The number of pyridine rings is 1. The molecule has 0 spiro atoms. The topological polar surface area (TPSA) is 75.5 Å². The summed E-state index contributed by atoms with van der Waals surface area (Å²) in [6.45, 7) is 4.04. The minimum atomic E-state index is -0.280. The van der Waals surface area contributed by atoms with Gasteiger partial charge in [0.1, 0.15) is 5.65 Å². The van der Waals surface area contributed by atoms with E-state index >= 15 is 0 Å². The van der Waals surface area contributed by atoms with Gasteiger partial charge in [-0.1, -0.05) is 28.8 Å². The molecule has 2 aromatic heterocycles. The van der Waals surface area contributed by atoms with E-state index in [1.165, 1.54) is 0 Å². The molecule has 0 radical (unpaired) electrons. The maximum Gasteiger partial charge on any atom is 0.251 e. The Morgan fingerprint density at radius 3 is 2.54 bits per heavy atom. The normalized spacial score (nSPS) is 10.7. The van der Waals surface area contributed by atoms with E-state index in [2.05, 4.69) is 15.6 Å². The Balaban J connectivity index is 1.52. The summed E-state index contributed by atoms with van der Waals surface area (Å²) in [5, 5.41) is 5.98. The molecule has 3 rings (SSSR count). The molecule has 26 heavy (non-hydrogen) atoms. The van der Waals surface area contributed by atoms with Gasteiger partial charge in [0.05, 0.1) is 23.8 Å². The van der Waals surface area contributed by atoms with Crippen LogP contribution in [0.3, 0.4) is 0 Å². The van der Waals surface area contributed by atoms with E-state index in [1.54, 1.807) is 41.1 Å². The molecular weight excluding hydrogens is 352 g/mol. The van der Waals surface area contributed by atoms with Gasteiger partial charge in [-0.05, 0) is 38.1 Å². The number of hydrogen-bond donors (Lipinski definition) is 2. The molecule has 0 atom stereocenters. The number of carbonyl (C=O) groups is 2. The minimum Gasteiger partial charge on any atom is -0.349 e. The molecule has 1 aromatic carbocycles. The van der Waals surface area contributed by atoms with Crippen LogP contribution in [0.5, 0.6) is 0 Å². The number of fused-ring (bicyclic) bond motifs is 1. The van der Waals surface area contributed by atoms with Crippen molar-refractivity contribution in [2.75, 3.05) is 6.54 Å². The molecule has 0 saturated carbocycles. The number of aromatic nitrogens is 2. The zero-order chi connectivity index (χ0) is 18.7. The Bertz CT molecular complexity index is 961. The second kappa shape index (κ2) is 7.58. The van der Waals surface area contributed by atoms with Gasteiger partial charge >= 0.3 is 0 Å². The van der Waals surface area contributed by atoms with Crippen LogP contribution in [0.4, 0.5) is 0 Å². The lowest BCUT2D eigenvalue weighted by Gasteiger charge is -2.07. The SMILES string of the molecule is Cc1cc(C)cc(C(=O)NCC(=O)NCc2cn3cc(Cl)ccc3n2)c1. The molecule has 2 N–H and O–H groups in total. The van der Waals surface area contributed by atoms with Crippen LogP contribution >= 0.6 is 11.6 Å². The van der Waals surface area contributed by atoms with E-state index in [9.17, 15) is 9.59 Å². The predicted molar refractivity (Wildman–Crippen MR) is 100 cm³/mol. The highest BCUT2D eigenvalue weighted by Crippen LogP contribution is 2.11. The Morgan fingerprint density at radius 1 is 1.08 bits per heavy atom. The Morgan fingerprint density at radius 2 is 1.81 bits per heavy atom. The number of benzene rings is 1. The largest absolute Gasteiger partial charge is 0.349 e. The zero-order valence-corrected chi connectivity index (χ0v) is 15.3. The fourth-order valence-electron chi connectivity index (χ4n) is 2.72. The number of hydrogen-bond acceptors (Lipinski definition) is 3. The molecule has 134 valence electrons. The van der Waals surface area contributed by atoms with E-state index in [1.807, 2.05) is 19.9 Å². The molecule has 0 fully saturated rings. The van der Waals surface area contributed by atoms with Crippen molar-refractivity contribution in [1.29, 1.82) is 0 Å². The predicted octanol–water partition coefficient (Wildman–Crippen LogP) is 2.65. The minimum absolute atomic E-state index is 0.0922. The molecular formula is C19H19ClN4O2. The number of imidazole rings is 1. The van der Waals surface area contributed by atoms with Gasteiger partial charge < -0.3 is 15.0 Å². The summed E-state index contributed by atoms with van der Waals surface area (Å²) in [5.74, 6) is -0.549. The number of nitrogens with zero attached hydrogens (tertiary/aromatic N) is 2. The summed E-state index contributed by atoms with van der Waals surface area (Å²) in [4.78, 5) is 28.5. The number of aryl methyl sites for hydroxylation is 2. The summed E-state index contributed by atoms with van der Waals surface area (Å²) >= 11 is 5.94. The molecule has 0 saturated heterocycles. The highest BCUT2D eigenvalue weighted by atomic mass is 35.5. The van der Waals surface area contributed by atoms with Gasteiger partial charge in [-0.15, -0.1) is 0 Å². The number of nitrogens with one attached hydrogen (secondary N) is 2. The van der Waals surface area contributed by atoms with E-state index in [-0.39, 0.29) is 24.9 Å². The van der Waals surface area contributed by atoms with Crippen LogP contribution in [0.2, 0.25) is 5.02 Å². The number of halogens is 1. The van der Waals surface area contributed by atoms with Crippen LogP contribution in [0, 0.1) is 13.8 Å². The third-order valence-electron chi connectivity index (χ3n) is 3.82. The summed E-state index contributed by atoms with van der Waals surface area (Å²) in [6.07, 6.45) is 3.55. The lowest BCUT2D eigenvalue weighted by atomic mass is 10.1. The van der Waals surface area contributed by atoms with Crippen LogP contribution < -0.4 is 10.6 Å². The Kier molecular flexibility index (Phi) is 5.23. The van der Waals surface area contributed by atoms with Gasteiger partial charge in [-0.2, -0.15) is 0 Å². The first kappa shape index (κ1) is 17.9. The van der Waals surface area contributed by atoms with Crippen LogP contribution in [0.1, 0.15) is 27.2 Å². The second-order valence-electron chi connectivity index (χ2n) is 6.18. The summed E-state index contributed by atoms with van der Waals surface area (Å²) in [5.41, 5.74) is 4.02. The maximum atomic E-state index is 12.2. The molecule has 0 aliphatic rings. The molecule has 2 heterocycles. The van der Waals surface area contributed by atoms with E-state index in [4.69, 9.17) is 11.6 Å². The zero-order valence-electron chi connectivity index (χ0n) is 14.5. The molecule has 6 nitrogen and oxygen atoms in total. The molecule has 0 bridgehead atoms. The summed E-state index contributed by atoms with van der Waals surface area (Å²) in [7, 11) is 0. The second-order valence-corrected chi connectivity index (χ2v) is 6.62. The quantitative estimate of drug-likeness (QED) is 0.725. The summed E-state index contributed by atoms with van der Waals surface area (Å²) < 4.78 is 1.80. The molecule has 7 heteroatoms. The fraction of sp³-hybridized carbons (Fsp3) is 0.211. The number of amides is 2. The van der Waals surface area contributed by atoms with Crippen molar-refractivity contribution in [2.45, 2.75) is 20.4 Å². The number of carbonyl (C=O) groups excluding carboxylic acids is 2. The van der Waals surface area contributed by atoms with Crippen molar-refractivity contribution >= 4 is 29.1 Å². The van der Waals surface area contributed by atoms with Gasteiger partial charge in [0.25, 0.3) is 5.91 Å². The van der Waals surface area contributed by atoms with Gasteiger partial charge in [0, 0.05) is 18.0 Å². The first-order valence-electron chi connectivity index (χ1n) is 8.17. The Hall–Kier alpha value is -2.86. The van der Waals surface area contributed by atoms with Crippen LogP contribution in [0.15, 0.2) is 42.7 Å². The third-order valence-corrected chi connectivity index (χ3v) is 4.05. The van der Waals surface area contributed by atoms with Crippen LogP contribution in [-0.2, 0) is 11.3 Å². The average Bonchev–Trinajstić information content (AvgIpc) is 2.99. The van der Waals surface area contributed by atoms with E-state index < -0.39 is 0 Å². The molecule has 0 aliphatic heterocycles. The lowest BCUT2D eigenvalue weighted by molar-refractivity contribution is -0.120. The molecule has 2 amide bonds. The highest BCUT2D eigenvalue weighted by Gasteiger charge is 2.10. The summed E-state index contributed by atoms with van der Waals surface area (Å²) in [6, 6.07) is 9.14. The van der Waals surface area contributed by atoms with Crippen molar-refractivity contribution in [1.82, 2.24) is 20.0 Å².